The molecule has 114 valence electrons. The molecule has 21 heavy (non-hydrogen) atoms. The van der Waals surface area contributed by atoms with Crippen LogP contribution >= 0.6 is 0 Å². The molecule has 1 aromatic rings. The van der Waals surface area contributed by atoms with Crippen LogP contribution in [0.15, 0.2) is 18.2 Å². The Morgan fingerprint density at radius 2 is 1.76 bits per heavy atom. The van der Waals surface area contributed by atoms with Gasteiger partial charge in [0.15, 0.2) is 17.6 Å². The first-order valence-electron chi connectivity index (χ1n) is 5.92. The van der Waals surface area contributed by atoms with Crippen molar-refractivity contribution >= 4 is 17.9 Å². The molecule has 0 aliphatic rings. The quantitative estimate of drug-likeness (QED) is 0.762. The molecule has 8 heteroatoms. The molecular formula is C13H16N2O6. The molecule has 1 aromatic carbocycles. The number of amides is 3. The van der Waals surface area contributed by atoms with Gasteiger partial charge in [0.1, 0.15) is 0 Å². The highest BCUT2D eigenvalue weighted by Crippen LogP contribution is 2.27. The first-order chi connectivity index (χ1) is 9.88. The van der Waals surface area contributed by atoms with Crippen LogP contribution < -0.4 is 20.5 Å². The minimum absolute atomic E-state index is 0.173. The summed E-state index contributed by atoms with van der Waals surface area (Å²) in [4.78, 5) is 33.9. The Balaban J connectivity index is 2.80. The summed E-state index contributed by atoms with van der Waals surface area (Å²) in [5.41, 5.74) is 4.97. The molecule has 0 fully saturated rings. The number of imide groups is 1. The van der Waals surface area contributed by atoms with Crippen LogP contribution in [0.25, 0.3) is 0 Å². The average molecular weight is 296 g/mol. The molecule has 8 nitrogen and oxygen atoms in total. The van der Waals surface area contributed by atoms with Gasteiger partial charge in [-0.05, 0) is 25.1 Å². The van der Waals surface area contributed by atoms with Gasteiger partial charge in [0.25, 0.3) is 5.91 Å². The van der Waals surface area contributed by atoms with Gasteiger partial charge in [-0.2, -0.15) is 0 Å². The second-order valence-electron chi connectivity index (χ2n) is 3.97. The molecule has 1 rings (SSSR count). The molecule has 0 spiro atoms. The fourth-order valence-electron chi connectivity index (χ4n) is 1.47. The summed E-state index contributed by atoms with van der Waals surface area (Å²) in [5, 5.41) is 1.82. The fraction of sp³-hybridized carbons (Fsp3) is 0.308. The number of nitrogens with one attached hydrogen (secondary N) is 1. The topological polar surface area (TPSA) is 117 Å². The third-order valence-corrected chi connectivity index (χ3v) is 2.52. The Morgan fingerprint density at radius 1 is 1.14 bits per heavy atom. The zero-order valence-corrected chi connectivity index (χ0v) is 11.8. The normalized spacial score (nSPS) is 11.2. The van der Waals surface area contributed by atoms with E-state index in [-0.39, 0.29) is 5.56 Å². The van der Waals surface area contributed by atoms with Gasteiger partial charge in [-0.25, -0.2) is 9.59 Å². The Hall–Kier alpha value is -2.77. The predicted octanol–water partition coefficient (Wildman–Crippen LogP) is 0.444. The molecule has 3 amide bonds. The van der Waals surface area contributed by atoms with Gasteiger partial charge in [-0.1, -0.05) is 0 Å². The maximum atomic E-state index is 11.9. The van der Waals surface area contributed by atoms with E-state index in [0.717, 1.165) is 0 Å². The minimum atomic E-state index is -1.17. The Morgan fingerprint density at radius 3 is 2.29 bits per heavy atom. The van der Waals surface area contributed by atoms with Crippen molar-refractivity contribution in [2.75, 3.05) is 14.2 Å². The van der Waals surface area contributed by atoms with Crippen LogP contribution in [-0.4, -0.2) is 38.2 Å². The zero-order valence-electron chi connectivity index (χ0n) is 11.8. The van der Waals surface area contributed by atoms with Crippen molar-refractivity contribution in [3.63, 3.8) is 0 Å². The van der Waals surface area contributed by atoms with Gasteiger partial charge < -0.3 is 19.9 Å². The van der Waals surface area contributed by atoms with E-state index in [0.29, 0.717) is 11.5 Å². The third kappa shape index (κ3) is 4.37. The lowest BCUT2D eigenvalue weighted by Crippen LogP contribution is -2.42. The van der Waals surface area contributed by atoms with Gasteiger partial charge in [0.05, 0.1) is 19.8 Å². The monoisotopic (exact) mass is 296 g/mol. The maximum absolute atomic E-state index is 11.9. The lowest BCUT2D eigenvalue weighted by molar-refractivity contribution is -0.127. The summed E-state index contributed by atoms with van der Waals surface area (Å²) in [5.74, 6) is -0.755. The number of urea groups is 1. The average Bonchev–Trinajstić information content (AvgIpc) is 2.45. The number of ether oxygens (including phenoxy) is 3. The van der Waals surface area contributed by atoms with Crippen molar-refractivity contribution in [2.24, 2.45) is 5.73 Å². The Kier molecular flexibility index (Phi) is 5.53. The van der Waals surface area contributed by atoms with Crippen LogP contribution in [0.1, 0.15) is 17.3 Å². The SMILES string of the molecule is COc1ccc(C(=O)OC(C)C(=O)NC(N)=O)cc1OC. The fourth-order valence-corrected chi connectivity index (χ4v) is 1.47. The van der Waals surface area contributed by atoms with Gasteiger partial charge >= 0.3 is 12.0 Å². The molecule has 0 saturated heterocycles. The summed E-state index contributed by atoms with van der Waals surface area (Å²) in [6.45, 7) is 1.32. The molecule has 1 atom stereocenters. The lowest BCUT2D eigenvalue weighted by atomic mass is 10.2. The van der Waals surface area contributed by atoms with Crippen LogP contribution in [0.4, 0.5) is 4.79 Å². The molecular weight excluding hydrogens is 280 g/mol. The van der Waals surface area contributed by atoms with Crippen LogP contribution in [-0.2, 0) is 9.53 Å². The van der Waals surface area contributed by atoms with E-state index >= 15 is 0 Å². The standard InChI is InChI=1S/C13H16N2O6/c1-7(11(16)15-13(14)18)21-12(17)8-4-5-9(19-2)10(6-8)20-3/h4-7H,1-3H3,(H3,14,15,16,18). The zero-order chi connectivity index (χ0) is 16.0. The van der Waals surface area contributed by atoms with E-state index in [1.54, 1.807) is 0 Å². The van der Waals surface area contributed by atoms with Crippen molar-refractivity contribution in [1.29, 1.82) is 0 Å². The number of carbonyl (C=O) groups excluding carboxylic acids is 3. The number of nitrogens with two attached hydrogens (primary N) is 1. The first kappa shape index (κ1) is 16.3. The number of esters is 1. The molecule has 0 radical (unpaired) electrons. The van der Waals surface area contributed by atoms with Crippen LogP contribution in [0.3, 0.4) is 0 Å². The number of benzene rings is 1. The lowest BCUT2D eigenvalue weighted by Gasteiger charge is -2.13. The van der Waals surface area contributed by atoms with Gasteiger partial charge in [0, 0.05) is 0 Å². The van der Waals surface area contributed by atoms with Gasteiger partial charge in [0.2, 0.25) is 0 Å². The highest BCUT2D eigenvalue weighted by Gasteiger charge is 2.20. The molecule has 0 aliphatic carbocycles. The van der Waals surface area contributed by atoms with Crippen molar-refractivity contribution in [1.82, 2.24) is 5.32 Å². The van der Waals surface area contributed by atoms with Crippen molar-refractivity contribution in [3.8, 4) is 11.5 Å². The second kappa shape index (κ2) is 7.13. The molecule has 0 bridgehead atoms. The van der Waals surface area contributed by atoms with Crippen LogP contribution in [0.5, 0.6) is 11.5 Å². The van der Waals surface area contributed by atoms with E-state index in [1.165, 1.54) is 39.3 Å². The minimum Gasteiger partial charge on any atom is -0.493 e. The largest absolute Gasteiger partial charge is 0.493 e. The van der Waals surface area contributed by atoms with Gasteiger partial charge in [-0.3, -0.25) is 10.1 Å². The summed E-state index contributed by atoms with van der Waals surface area (Å²) >= 11 is 0. The molecule has 1 unspecified atom stereocenters. The predicted molar refractivity (Wildman–Crippen MR) is 72.1 cm³/mol. The van der Waals surface area contributed by atoms with E-state index in [4.69, 9.17) is 19.9 Å². The van der Waals surface area contributed by atoms with Crippen molar-refractivity contribution in [2.45, 2.75) is 13.0 Å². The van der Waals surface area contributed by atoms with Crippen molar-refractivity contribution < 1.29 is 28.6 Å². The number of primary amides is 1. The highest BCUT2D eigenvalue weighted by atomic mass is 16.5. The number of carbonyl (C=O) groups is 3. The first-order valence-corrected chi connectivity index (χ1v) is 5.92. The highest BCUT2D eigenvalue weighted by molar-refractivity contribution is 5.98. The van der Waals surface area contributed by atoms with Crippen LogP contribution in [0, 0.1) is 0 Å². The summed E-state index contributed by atoms with van der Waals surface area (Å²) in [6, 6.07) is 3.39. The molecule has 0 heterocycles. The number of hydrogen-bond acceptors (Lipinski definition) is 6. The van der Waals surface area contributed by atoms with E-state index < -0.39 is 24.0 Å². The van der Waals surface area contributed by atoms with Gasteiger partial charge in [-0.15, -0.1) is 0 Å². The van der Waals surface area contributed by atoms with E-state index in [9.17, 15) is 14.4 Å². The summed E-state index contributed by atoms with van der Waals surface area (Å²) in [7, 11) is 2.89. The molecule has 0 saturated carbocycles. The van der Waals surface area contributed by atoms with E-state index in [1.807, 2.05) is 5.32 Å². The Bertz CT molecular complexity index is 558. The number of methoxy groups -OCH3 is 2. The van der Waals surface area contributed by atoms with E-state index in [2.05, 4.69) is 0 Å². The summed E-state index contributed by atoms with van der Waals surface area (Å²) in [6.07, 6.45) is -1.17. The second-order valence-corrected chi connectivity index (χ2v) is 3.97. The molecule has 3 N–H and O–H groups in total. The summed E-state index contributed by atoms with van der Waals surface area (Å²) < 4.78 is 15.0. The van der Waals surface area contributed by atoms with Crippen LogP contribution in [0.2, 0.25) is 0 Å². The smallest absolute Gasteiger partial charge is 0.339 e. The Labute approximate surface area is 121 Å². The number of hydrogen-bond donors (Lipinski definition) is 2. The molecule has 0 aromatic heterocycles. The maximum Gasteiger partial charge on any atom is 0.339 e. The third-order valence-electron chi connectivity index (χ3n) is 2.52. The van der Waals surface area contributed by atoms with Crippen molar-refractivity contribution in [3.05, 3.63) is 23.8 Å². The molecule has 0 aliphatic heterocycles. The number of rotatable bonds is 5.